The highest BCUT2D eigenvalue weighted by atomic mass is 19.1. The van der Waals surface area contributed by atoms with E-state index in [0.717, 1.165) is 0 Å². The second kappa shape index (κ2) is 4.76. The lowest BCUT2D eigenvalue weighted by Gasteiger charge is -2.33. The Bertz CT molecular complexity index is 472. The minimum absolute atomic E-state index is 0.370. The van der Waals surface area contributed by atoms with Crippen LogP contribution in [0.4, 0.5) is 4.39 Å². The van der Waals surface area contributed by atoms with Crippen molar-refractivity contribution in [3.8, 4) is 0 Å². The third-order valence-corrected chi connectivity index (χ3v) is 3.38. The molecule has 4 nitrogen and oxygen atoms in total. The van der Waals surface area contributed by atoms with Gasteiger partial charge in [-0.3, -0.25) is 9.59 Å². The molecule has 1 fully saturated rings. The molecule has 1 N–H and O–H groups in total. The molecule has 18 heavy (non-hydrogen) atoms. The molecule has 1 aliphatic heterocycles. The van der Waals surface area contributed by atoms with Crippen LogP contribution in [0, 0.1) is 11.7 Å². The van der Waals surface area contributed by atoms with Crippen LogP contribution >= 0.6 is 0 Å². The Morgan fingerprint density at radius 1 is 1.39 bits per heavy atom. The molecule has 1 heterocycles. The molecule has 0 unspecified atom stereocenters. The van der Waals surface area contributed by atoms with Gasteiger partial charge in [-0.15, -0.1) is 0 Å². The third kappa shape index (κ3) is 2.20. The summed E-state index contributed by atoms with van der Waals surface area (Å²) in [7, 11) is 1.60. The number of hydrogen-bond acceptors (Lipinski definition) is 2. The number of amides is 1. The standard InChI is InChI=1S/C13H14FNO3/c1-15-7-6-10(11(12(15)16)13(17)18)8-2-4-9(14)5-3-8/h2-5,10-11H,6-7H2,1H3,(H,17,18)/t10-,11-/m0/s1. The Balaban J connectivity index is 2.33. The van der Waals surface area contributed by atoms with E-state index in [1.54, 1.807) is 19.2 Å². The van der Waals surface area contributed by atoms with Gasteiger partial charge in [0.05, 0.1) is 0 Å². The summed E-state index contributed by atoms with van der Waals surface area (Å²) in [5.41, 5.74) is 0.699. The SMILES string of the molecule is CN1CC[C@@H](c2ccc(F)cc2)[C@H](C(=O)O)C1=O. The Kier molecular flexibility index (Phi) is 3.32. The molecule has 2 rings (SSSR count). The second-order valence-electron chi connectivity index (χ2n) is 4.52. The van der Waals surface area contributed by atoms with Crippen LogP contribution < -0.4 is 0 Å². The van der Waals surface area contributed by atoms with Crippen molar-refractivity contribution in [1.29, 1.82) is 0 Å². The van der Waals surface area contributed by atoms with Gasteiger partial charge in [0.1, 0.15) is 11.7 Å². The van der Waals surface area contributed by atoms with Crippen LogP contribution in [0.15, 0.2) is 24.3 Å². The molecule has 0 radical (unpaired) electrons. The number of carbonyl (C=O) groups is 2. The van der Waals surface area contributed by atoms with Crippen LogP contribution in [0.3, 0.4) is 0 Å². The highest BCUT2D eigenvalue weighted by Crippen LogP contribution is 2.33. The molecule has 1 amide bonds. The minimum Gasteiger partial charge on any atom is -0.481 e. The Labute approximate surface area is 104 Å². The van der Waals surface area contributed by atoms with Gasteiger partial charge in [0.2, 0.25) is 5.91 Å². The van der Waals surface area contributed by atoms with Crippen molar-refractivity contribution in [2.75, 3.05) is 13.6 Å². The van der Waals surface area contributed by atoms with E-state index in [1.165, 1.54) is 17.0 Å². The van der Waals surface area contributed by atoms with Gasteiger partial charge in [-0.25, -0.2) is 4.39 Å². The number of nitrogens with zero attached hydrogens (tertiary/aromatic N) is 1. The number of hydrogen-bond donors (Lipinski definition) is 1. The molecule has 0 bridgehead atoms. The predicted molar refractivity (Wildman–Crippen MR) is 62.5 cm³/mol. The molecule has 0 saturated carbocycles. The van der Waals surface area contributed by atoms with Crippen molar-refractivity contribution >= 4 is 11.9 Å². The van der Waals surface area contributed by atoms with E-state index in [9.17, 15) is 19.1 Å². The van der Waals surface area contributed by atoms with Gasteiger partial charge in [-0.05, 0) is 24.1 Å². The number of carboxylic acid groups (broad SMARTS) is 1. The van der Waals surface area contributed by atoms with E-state index in [0.29, 0.717) is 18.5 Å². The topological polar surface area (TPSA) is 57.6 Å². The fraction of sp³-hybridized carbons (Fsp3) is 0.385. The fourth-order valence-corrected chi connectivity index (χ4v) is 2.37. The lowest BCUT2D eigenvalue weighted by atomic mass is 9.80. The van der Waals surface area contributed by atoms with Gasteiger partial charge in [0, 0.05) is 19.5 Å². The summed E-state index contributed by atoms with van der Waals surface area (Å²) < 4.78 is 12.9. The summed E-state index contributed by atoms with van der Waals surface area (Å²) >= 11 is 0. The molecule has 1 aliphatic rings. The zero-order chi connectivity index (χ0) is 13.3. The average Bonchev–Trinajstić information content (AvgIpc) is 2.33. The lowest BCUT2D eigenvalue weighted by molar-refractivity contribution is -0.154. The van der Waals surface area contributed by atoms with Crippen molar-refractivity contribution < 1.29 is 19.1 Å². The summed E-state index contributed by atoms with van der Waals surface area (Å²) in [5.74, 6) is -3.34. The maximum Gasteiger partial charge on any atom is 0.316 e. The normalized spacial score (nSPS) is 24.1. The first-order valence-corrected chi connectivity index (χ1v) is 5.74. The number of benzene rings is 1. The number of rotatable bonds is 2. The van der Waals surface area contributed by atoms with Gasteiger partial charge < -0.3 is 10.0 Å². The molecule has 5 heteroatoms. The quantitative estimate of drug-likeness (QED) is 0.810. The van der Waals surface area contributed by atoms with Crippen LogP contribution in [0.2, 0.25) is 0 Å². The number of halogens is 1. The number of piperidine rings is 1. The summed E-state index contributed by atoms with van der Waals surface area (Å²) in [6.07, 6.45) is 0.574. The van der Waals surface area contributed by atoms with Crippen LogP contribution in [0.5, 0.6) is 0 Å². The number of carbonyl (C=O) groups excluding carboxylic acids is 1. The largest absolute Gasteiger partial charge is 0.481 e. The average molecular weight is 251 g/mol. The molecular formula is C13H14FNO3. The Morgan fingerprint density at radius 3 is 2.56 bits per heavy atom. The van der Waals surface area contributed by atoms with Gasteiger partial charge in [-0.1, -0.05) is 12.1 Å². The molecule has 0 spiro atoms. The number of aliphatic carboxylic acids is 1. The van der Waals surface area contributed by atoms with E-state index in [-0.39, 0.29) is 17.6 Å². The molecule has 2 atom stereocenters. The van der Waals surface area contributed by atoms with Crippen LogP contribution in [0.1, 0.15) is 17.9 Å². The van der Waals surface area contributed by atoms with E-state index in [4.69, 9.17) is 0 Å². The maximum absolute atomic E-state index is 12.9. The summed E-state index contributed by atoms with van der Waals surface area (Å²) in [4.78, 5) is 24.6. The highest BCUT2D eigenvalue weighted by molar-refractivity contribution is 5.98. The number of carboxylic acids is 1. The summed E-state index contributed by atoms with van der Waals surface area (Å²) in [6, 6.07) is 5.68. The Hall–Kier alpha value is -1.91. The zero-order valence-corrected chi connectivity index (χ0v) is 9.97. The van der Waals surface area contributed by atoms with Crippen molar-refractivity contribution in [2.45, 2.75) is 12.3 Å². The monoisotopic (exact) mass is 251 g/mol. The van der Waals surface area contributed by atoms with Gasteiger partial charge >= 0.3 is 5.97 Å². The molecule has 96 valence electrons. The van der Waals surface area contributed by atoms with Crippen molar-refractivity contribution in [3.05, 3.63) is 35.6 Å². The molecular weight excluding hydrogens is 237 g/mol. The highest BCUT2D eigenvalue weighted by Gasteiger charge is 2.40. The molecule has 0 aliphatic carbocycles. The molecule has 1 aromatic carbocycles. The minimum atomic E-state index is -1.12. The van der Waals surface area contributed by atoms with Crippen LogP contribution in [-0.4, -0.2) is 35.5 Å². The van der Waals surface area contributed by atoms with E-state index < -0.39 is 11.9 Å². The smallest absolute Gasteiger partial charge is 0.316 e. The first-order valence-electron chi connectivity index (χ1n) is 5.74. The number of likely N-dealkylation sites (tertiary alicyclic amines) is 1. The molecule has 1 saturated heterocycles. The zero-order valence-electron chi connectivity index (χ0n) is 9.97. The second-order valence-corrected chi connectivity index (χ2v) is 4.52. The third-order valence-electron chi connectivity index (χ3n) is 3.38. The van der Waals surface area contributed by atoms with Gasteiger partial charge in [0.25, 0.3) is 0 Å². The van der Waals surface area contributed by atoms with Gasteiger partial charge in [0.15, 0.2) is 0 Å². The first kappa shape index (κ1) is 12.5. The predicted octanol–water partition coefficient (Wildman–Crippen LogP) is 1.47. The van der Waals surface area contributed by atoms with Crippen LogP contribution in [-0.2, 0) is 9.59 Å². The van der Waals surface area contributed by atoms with Crippen molar-refractivity contribution in [1.82, 2.24) is 4.90 Å². The summed E-state index contributed by atoms with van der Waals surface area (Å²) in [6.45, 7) is 0.519. The van der Waals surface area contributed by atoms with Crippen molar-refractivity contribution in [2.24, 2.45) is 5.92 Å². The lowest BCUT2D eigenvalue weighted by Crippen LogP contribution is -2.45. The van der Waals surface area contributed by atoms with Gasteiger partial charge in [-0.2, -0.15) is 0 Å². The maximum atomic E-state index is 12.9. The molecule has 1 aromatic rings. The summed E-state index contributed by atoms with van der Waals surface area (Å²) in [5, 5.41) is 9.19. The van der Waals surface area contributed by atoms with E-state index in [2.05, 4.69) is 0 Å². The molecule has 0 aromatic heterocycles. The Morgan fingerprint density at radius 2 is 2.00 bits per heavy atom. The van der Waals surface area contributed by atoms with Crippen LogP contribution in [0.25, 0.3) is 0 Å². The first-order chi connectivity index (χ1) is 8.50. The van der Waals surface area contributed by atoms with E-state index in [1.807, 2.05) is 0 Å². The van der Waals surface area contributed by atoms with E-state index >= 15 is 0 Å². The fourth-order valence-electron chi connectivity index (χ4n) is 2.37. The van der Waals surface area contributed by atoms with Crippen molar-refractivity contribution in [3.63, 3.8) is 0 Å².